The smallest absolute Gasteiger partial charge is 0.158 e. The summed E-state index contributed by atoms with van der Waals surface area (Å²) in [5.41, 5.74) is 0. The van der Waals surface area contributed by atoms with E-state index < -0.39 is 0 Å². The number of hydrogen-bond donors (Lipinski definition) is 1. The Hall–Kier alpha value is -0.900. The third kappa shape index (κ3) is 2.54. The van der Waals surface area contributed by atoms with Crippen molar-refractivity contribution in [1.29, 1.82) is 0 Å². The lowest BCUT2D eigenvalue weighted by molar-refractivity contribution is 0.261. The van der Waals surface area contributed by atoms with Crippen LogP contribution in [0.3, 0.4) is 0 Å². The minimum absolute atomic E-state index is 0.0244. The lowest BCUT2D eigenvalue weighted by atomic mass is 10.2. The summed E-state index contributed by atoms with van der Waals surface area (Å²) in [7, 11) is 0. The second-order valence-corrected chi connectivity index (χ2v) is 3.95. The standard InChI is InChI=1S/C10H19N3O/c1-4-5-9-11-12-10(7-14)13(9)6-8(2)3/h8,14H,4-7H2,1-3H3. The molecule has 0 bridgehead atoms. The largest absolute Gasteiger partial charge is 0.388 e. The summed E-state index contributed by atoms with van der Waals surface area (Å²) >= 11 is 0. The number of nitrogens with zero attached hydrogens (tertiary/aromatic N) is 3. The molecule has 0 aliphatic carbocycles. The van der Waals surface area contributed by atoms with E-state index in [2.05, 4.69) is 31.0 Å². The molecule has 0 aliphatic heterocycles. The molecule has 0 unspecified atom stereocenters. The molecular formula is C10H19N3O. The van der Waals surface area contributed by atoms with Crippen molar-refractivity contribution >= 4 is 0 Å². The Morgan fingerprint density at radius 3 is 2.43 bits per heavy atom. The molecule has 0 radical (unpaired) electrons. The van der Waals surface area contributed by atoms with E-state index in [1.165, 1.54) is 0 Å². The highest BCUT2D eigenvalue weighted by Gasteiger charge is 2.11. The molecule has 0 atom stereocenters. The highest BCUT2D eigenvalue weighted by atomic mass is 16.3. The fourth-order valence-electron chi connectivity index (χ4n) is 1.47. The number of aryl methyl sites for hydroxylation is 1. The van der Waals surface area contributed by atoms with Gasteiger partial charge in [0.05, 0.1) is 0 Å². The van der Waals surface area contributed by atoms with Crippen LogP contribution in [0.2, 0.25) is 0 Å². The number of hydrogen-bond acceptors (Lipinski definition) is 3. The third-order valence-electron chi connectivity index (χ3n) is 2.07. The lowest BCUT2D eigenvalue weighted by Gasteiger charge is -2.11. The van der Waals surface area contributed by atoms with Gasteiger partial charge in [-0.2, -0.15) is 0 Å². The summed E-state index contributed by atoms with van der Waals surface area (Å²) in [6, 6.07) is 0. The van der Waals surface area contributed by atoms with E-state index >= 15 is 0 Å². The van der Waals surface area contributed by atoms with Crippen molar-refractivity contribution in [3.05, 3.63) is 11.6 Å². The molecule has 0 aromatic carbocycles. The molecular weight excluding hydrogens is 178 g/mol. The number of aliphatic hydroxyl groups excluding tert-OH is 1. The molecule has 1 rings (SSSR count). The van der Waals surface area contributed by atoms with Crippen LogP contribution in [0.4, 0.5) is 0 Å². The van der Waals surface area contributed by atoms with Crippen LogP contribution in [-0.4, -0.2) is 19.9 Å². The molecule has 1 N–H and O–H groups in total. The molecule has 4 nitrogen and oxygen atoms in total. The quantitative estimate of drug-likeness (QED) is 0.775. The van der Waals surface area contributed by atoms with Gasteiger partial charge in [0.1, 0.15) is 12.4 Å². The van der Waals surface area contributed by atoms with E-state index in [1.807, 2.05) is 4.57 Å². The molecule has 1 aromatic heterocycles. The highest BCUT2D eigenvalue weighted by molar-refractivity contribution is 4.95. The van der Waals surface area contributed by atoms with Crippen molar-refractivity contribution in [2.75, 3.05) is 0 Å². The van der Waals surface area contributed by atoms with E-state index in [-0.39, 0.29) is 6.61 Å². The Morgan fingerprint density at radius 2 is 1.93 bits per heavy atom. The van der Waals surface area contributed by atoms with Gasteiger partial charge in [-0.15, -0.1) is 10.2 Å². The van der Waals surface area contributed by atoms with Gasteiger partial charge in [-0.25, -0.2) is 0 Å². The summed E-state index contributed by atoms with van der Waals surface area (Å²) in [5, 5.41) is 17.1. The Morgan fingerprint density at radius 1 is 1.29 bits per heavy atom. The van der Waals surface area contributed by atoms with Crippen LogP contribution < -0.4 is 0 Å². The van der Waals surface area contributed by atoms with Crippen molar-refractivity contribution in [3.8, 4) is 0 Å². The lowest BCUT2D eigenvalue weighted by Crippen LogP contribution is -2.12. The predicted octanol–water partition coefficient (Wildman–Crippen LogP) is 1.38. The number of rotatable bonds is 5. The van der Waals surface area contributed by atoms with Crippen molar-refractivity contribution < 1.29 is 5.11 Å². The zero-order valence-corrected chi connectivity index (χ0v) is 9.19. The monoisotopic (exact) mass is 197 g/mol. The molecule has 80 valence electrons. The number of aliphatic hydroxyl groups is 1. The summed E-state index contributed by atoms with van der Waals surface area (Å²) in [6.45, 7) is 7.28. The second kappa shape index (κ2) is 5.10. The zero-order chi connectivity index (χ0) is 10.6. The average Bonchev–Trinajstić information content (AvgIpc) is 2.48. The maximum absolute atomic E-state index is 9.09. The first kappa shape index (κ1) is 11.2. The van der Waals surface area contributed by atoms with Crippen LogP contribution in [0, 0.1) is 5.92 Å². The van der Waals surface area contributed by atoms with Gasteiger partial charge in [-0.1, -0.05) is 20.8 Å². The van der Waals surface area contributed by atoms with Crippen LogP contribution in [-0.2, 0) is 19.6 Å². The summed E-state index contributed by atoms with van der Waals surface area (Å²) < 4.78 is 2.04. The topological polar surface area (TPSA) is 50.9 Å². The van der Waals surface area contributed by atoms with E-state index in [0.717, 1.165) is 25.2 Å². The van der Waals surface area contributed by atoms with Crippen molar-refractivity contribution in [2.24, 2.45) is 5.92 Å². The minimum atomic E-state index is -0.0244. The first-order chi connectivity index (χ1) is 6.69. The number of aromatic nitrogens is 3. The van der Waals surface area contributed by atoms with Gasteiger partial charge in [-0.05, 0) is 12.3 Å². The third-order valence-corrected chi connectivity index (χ3v) is 2.07. The van der Waals surface area contributed by atoms with Crippen LogP contribution in [0.15, 0.2) is 0 Å². The zero-order valence-electron chi connectivity index (χ0n) is 9.19. The van der Waals surface area contributed by atoms with Crippen LogP contribution >= 0.6 is 0 Å². The average molecular weight is 197 g/mol. The van der Waals surface area contributed by atoms with Crippen LogP contribution in [0.1, 0.15) is 38.8 Å². The highest BCUT2D eigenvalue weighted by Crippen LogP contribution is 2.08. The Kier molecular flexibility index (Phi) is 4.07. The minimum Gasteiger partial charge on any atom is -0.388 e. The Labute approximate surface area is 85.0 Å². The maximum atomic E-state index is 9.09. The van der Waals surface area contributed by atoms with Crippen molar-refractivity contribution in [1.82, 2.24) is 14.8 Å². The first-order valence-electron chi connectivity index (χ1n) is 5.20. The van der Waals surface area contributed by atoms with Crippen LogP contribution in [0.25, 0.3) is 0 Å². The molecule has 0 saturated heterocycles. The van der Waals surface area contributed by atoms with Crippen LogP contribution in [0.5, 0.6) is 0 Å². The predicted molar refractivity (Wildman–Crippen MR) is 54.8 cm³/mol. The summed E-state index contributed by atoms with van der Waals surface area (Å²) in [4.78, 5) is 0. The SMILES string of the molecule is CCCc1nnc(CO)n1CC(C)C. The molecule has 0 fully saturated rings. The summed E-state index contributed by atoms with van der Waals surface area (Å²) in [6.07, 6.45) is 1.99. The van der Waals surface area contributed by atoms with Gasteiger partial charge < -0.3 is 9.67 Å². The van der Waals surface area contributed by atoms with E-state index in [4.69, 9.17) is 5.11 Å². The second-order valence-electron chi connectivity index (χ2n) is 3.95. The first-order valence-corrected chi connectivity index (χ1v) is 5.20. The molecule has 1 aromatic rings. The fourth-order valence-corrected chi connectivity index (χ4v) is 1.47. The molecule has 0 saturated carbocycles. The van der Waals surface area contributed by atoms with E-state index in [1.54, 1.807) is 0 Å². The Balaban J connectivity index is 2.87. The van der Waals surface area contributed by atoms with Gasteiger partial charge in [-0.3, -0.25) is 0 Å². The van der Waals surface area contributed by atoms with Gasteiger partial charge in [0.25, 0.3) is 0 Å². The van der Waals surface area contributed by atoms with Gasteiger partial charge in [0.2, 0.25) is 0 Å². The van der Waals surface area contributed by atoms with Gasteiger partial charge in [0, 0.05) is 13.0 Å². The maximum Gasteiger partial charge on any atom is 0.158 e. The van der Waals surface area contributed by atoms with Crippen molar-refractivity contribution in [3.63, 3.8) is 0 Å². The van der Waals surface area contributed by atoms with Crippen molar-refractivity contribution in [2.45, 2.75) is 46.8 Å². The Bertz CT molecular complexity index is 281. The molecule has 1 heterocycles. The molecule has 0 amide bonds. The molecule has 0 spiro atoms. The van der Waals surface area contributed by atoms with Gasteiger partial charge in [0.15, 0.2) is 5.82 Å². The van der Waals surface area contributed by atoms with E-state index in [0.29, 0.717) is 11.7 Å². The normalized spacial score (nSPS) is 11.2. The molecule has 0 aliphatic rings. The van der Waals surface area contributed by atoms with Gasteiger partial charge >= 0.3 is 0 Å². The fraction of sp³-hybridized carbons (Fsp3) is 0.800. The summed E-state index contributed by atoms with van der Waals surface area (Å²) in [5.74, 6) is 2.22. The molecule has 4 heteroatoms. The molecule has 14 heavy (non-hydrogen) atoms. The van der Waals surface area contributed by atoms with E-state index in [9.17, 15) is 0 Å².